The molecule has 63 heavy (non-hydrogen) atoms. The van der Waals surface area contributed by atoms with Crippen LogP contribution in [0.15, 0.2) is 121 Å². The number of aromatic nitrogens is 1. The Bertz CT molecular complexity index is 2790. The zero-order valence-electron chi connectivity index (χ0n) is 34.0. The van der Waals surface area contributed by atoms with E-state index >= 15 is 0 Å². The number of carboxylic acid groups (broad SMARTS) is 2. The Morgan fingerprint density at radius 1 is 0.603 bits per heavy atom. The summed E-state index contributed by atoms with van der Waals surface area (Å²) in [6, 6.07) is 27.3. The molecule has 0 aliphatic carbocycles. The molecule has 322 valence electrons. The van der Waals surface area contributed by atoms with Crippen LogP contribution in [0.2, 0.25) is 0 Å². The average Bonchev–Trinajstić information content (AvgIpc) is 3.67. The van der Waals surface area contributed by atoms with Gasteiger partial charge >= 0.3 is 11.9 Å². The molecule has 1 aromatic heterocycles. The summed E-state index contributed by atoms with van der Waals surface area (Å²) in [5.41, 5.74) is 1.57. The fourth-order valence-corrected chi connectivity index (χ4v) is 6.80. The average molecular weight is 860 g/mol. The minimum absolute atomic E-state index is 0.114. The normalized spacial score (nSPS) is 10.8. The van der Waals surface area contributed by atoms with E-state index in [2.05, 4.69) is 22.5 Å². The summed E-state index contributed by atoms with van der Waals surface area (Å²) in [6.07, 6.45) is 5.63. The summed E-state index contributed by atoms with van der Waals surface area (Å²) in [4.78, 5) is 50.8. The van der Waals surface area contributed by atoms with Gasteiger partial charge in [0.25, 0.3) is 11.8 Å². The molecule has 5 N–H and O–H groups in total. The number of rotatable bonds is 14. The van der Waals surface area contributed by atoms with E-state index < -0.39 is 52.7 Å². The maximum Gasteiger partial charge on any atom is 0.336 e. The number of hydrogen-bond donors (Lipinski definition) is 5. The number of carbonyl (C=O) groups is 4. The quantitative estimate of drug-likeness (QED) is 0.0538. The maximum absolute atomic E-state index is 14.8. The minimum atomic E-state index is -1.31. The van der Waals surface area contributed by atoms with Gasteiger partial charge in [-0.05, 0) is 108 Å². The van der Waals surface area contributed by atoms with Crippen LogP contribution in [0.5, 0.6) is 5.75 Å². The van der Waals surface area contributed by atoms with Crippen molar-refractivity contribution in [2.45, 2.75) is 39.5 Å². The van der Waals surface area contributed by atoms with E-state index in [-0.39, 0.29) is 33.5 Å². The molecule has 0 aliphatic rings. The first kappa shape index (κ1) is 44.8. The van der Waals surface area contributed by atoms with Gasteiger partial charge in [0.1, 0.15) is 34.7 Å². The second-order valence-corrected chi connectivity index (χ2v) is 14.3. The van der Waals surface area contributed by atoms with Gasteiger partial charge in [0, 0.05) is 22.8 Å². The number of unbranched alkanes of at least 4 members (excludes halogenated alkanes) is 1. The highest BCUT2D eigenvalue weighted by Gasteiger charge is 2.22. The number of carbonyl (C=O) groups excluding carboxylic acids is 2. The number of nitrogens with one attached hydrogen (secondary N) is 3. The van der Waals surface area contributed by atoms with Crippen molar-refractivity contribution < 1.29 is 51.7 Å². The van der Waals surface area contributed by atoms with E-state index in [4.69, 9.17) is 4.74 Å². The van der Waals surface area contributed by atoms with Crippen molar-refractivity contribution in [2.75, 3.05) is 17.2 Å². The molecule has 6 aromatic carbocycles. The SMILES string of the molecule is CCCCOc1cccc(-c2c(F)cc(NC(=O)c3ccccc3C(=O)O)cc2F)c1.CCCc1c[nH]c2ccc(-c3cc(F)c(NC(=O)c4ccccc4C(=O)O)c(F)c3)cc12. The van der Waals surface area contributed by atoms with Gasteiger partial charge in [-0.25, -0.2) is 27.2 Å². The van der Waals surface area contributed by atoms with Crippen LogP contribution in [0.25, 0.3) is 33.2 Å². The third-order valence-corrected chi connectivity index (χ3v) is 9.89. The number of hydrogen-bond acceptors (Lipinski definition) is 5. The second-order valence-electron chi connectivity index (χ2n) is 14.3. The van der Waals surface area contributed by atoms with Crippen LogP contribution in [-0.4, -0.2) is 45.6 Å². The first-order valence-corrected chi connectivity index (χ1v) is 19.9. The Kier molecular flexibility index (Phi) is 14.4. The second kappa shape index (κ2) is 20.2. The predicted molar refractivity (Wildman–Crippen MR) is 233 cm³/mol. The molecule has 0 aliphatic heterocycles. The first-order valence-electron chi connectivity index (χ1n) is 19.9. The van der Waals surface area contributed by atoms with Crippen molar-refractivity contribution in [1.82, 2.24) is 4.98 Å². The summed E-state index contributed by atoms with van der Waals surface area (Å²) in [7, 11) is 0. The number of halogens is 4. The summed E-state index contributed by atoms with van der Waals surface area (Å²) >= 11 is 0. The molecule has 0 radical (unpaired) electrons. The zero-order chi connectivity index (χ0) is 45.2. The van der Waals surface area contributed by atoms with Gasteiger partial charge in [-0.2, -0.15) is 0 Å². The molecule has 2 amide bonds. The molecular weight excluding hydrogens is 819 g/mol. The number of anilines is 2. The minimum Gasteiger partial charge on any atom is -0.494 e. The van der Waals surface area contributed by atoms with E-state index in [0.717, 1.165) is 66.4 Å². The lowest BCUT2D eigenvalue weighted by Gasteiger charge is -2.12. The number of aromatic carboxylic acids is 2. The van der Waals surface area contributed by atoms with Crippen LogP contribution < -0.4 is 15.4 Å². The molecular formula is C49H41F4N3O7. The smallest absolute Gasteiger partial charge is 0.336 e. The largest absolute Gasteiger partial charge is 0.494 e. The van der Waals surface area contributed by atoms with Gasteiger partial charge in [0.2, 0.25) is 0 Å². The highest BCUT2D eigenvalue weighted by Crippen LogP contribution is 2.33. The Morgan fingerprint density at radius 3 is 1.76 bits per heavy atom. The molecule has 7 rings (SSSR count). The van der Waals surface area contributed by atoms with E-state index in [1.54, 1.807) is 30.3 Å². The van der Waals surface area contributed by atoms with Gasteiger partial charge in [0.05, 0.1) is 34.4 Å². The highest BCUT2D eigenvalue weighted by atomic mass is 19.1. The number of carboxylic acids is 2. The van der Waals surface area contributed by atoms with Crippen molar-refractivity contribution in [3.63, 3.8) is 0 Å². The number of aryl methyl sites for hydroxylation is 1. The summed E-state index contributed by atoms with van der Waals surface area (Å²) in [6.45, 7) is 4.62. The first-order chi connectivity index (χ1) is 30.3. The van der Waals surface area contributed by atoms with Crippen LogP contribution in [0, 0.1) is 23.3 Å². The molecule has 14 heteroatoms. The number of benzene rings is 6. The van der Waals surface area contributed by atoms with Crippen molar-refractivity contribution in [3.05, 3.63) is 173 Å². The van der Waals surface area contributed by atoms with E-state index in [9.17, 15) is 47.0 Å². The van der Waals surface area contributed by atoms with Crippen LogP contribution in [0.3, 0.4) is 0 Å². The number of amides is 2. The Balaban J connectivity index is 0.000000210. The summed E-state index contributed by atoms with van der Waals surface area (Å²) in [5.74, 6) is -7.42. The number of H-pyrrole nitrogens is 1. The maximum atomic E-state index is 14.8. The molecule has 7 aromatic rings. The molecule has 0 bridgehead atoms. The van der Waals surface area contributed by atoms with E-state index in [1.807, 2.05) is 25.3 Å². The highest BCUT2D eigenvalue weighted by molar-refractivity contribution is 6.11. The Hall–Kier alpha value is -7.74. The third kappa shape index (κ3) is 10.6. The summed E-state index contributed by atoms with van der Waals surface area (Å²) < 4.78 is 64.7. The fraction of sp³-hybridized carbons (Fsp3) is 0.143. The number of aromatic amines is 1. The molecule has 10 nitrogen and oxygen atoms in total. The monoisotopic (exact) mass is 859 g/mol. The molecule has 0 atom stereocenters. The van der Waals surface area contributed by atoms with Crippen LogP contribution in [0.1, 0.15) is 80.1 Å². The van der Waals surface area contributed by atoms with Gasteiger partial charge in [-0.1, -0.05) is 69.2 Å². The lowest BCUT2D eigenvalue weighted by Crippen LogP contribution is -2.18. The number of fused-ring (bicyclic) bond motifs is 1. The third-order valence-electron chi connectivity index (χ3n) is 9.89. The van der Waals surface area contributed by atoms with E-state index in [1.165, 1.54) is 48.5 Å². The molecule has 0 fully saturated rings. The van der Waals surface area contributed by atoms with Crippen LogP contribution in [-0.2, 0) is 6.42 Å². The van der Waals surface area contributed by atoms with Gasteiger partial charge in [0.15, 0.2) is 0 Å². The predicted octanol–water partition coefficient (Wildman–Crippen LogP) is 11.8. The fourth-order valence-electron chi connectivity index (χ4n) is 6.80. The molecule has 1 heterocycles. The lowest BCUT2D eigenvalue weighted by molar-refractivity contribution is 0.0683. The van der Waals surface area contributed by atoms with Gasteiger partial charge in [-0.3, -0.25) is 9.59 Å². The number of ether oxygens (including phenoxy) is 1. The Labute approximate surface area is 359 Å². The van der Waals surface area contributed by atoms with Crippen LogP contribution in [0.4, 0.5) is 28.9 Å². The van der Waals surface area contributed by atoms with Gasteiger partial charge < -0.3 is 30.6 Å². The summed E-state index contributed by atoms with van der Waals surface area (Å²) in [5, 5.41) is 24.0. The van der Waals surface area contributed by atoms with Gasteiger partial charge in [-0.15, -0.1) is 0 Å². The van der Waals surface area contributed by atoms with Crippen molar-refractivity contribution in [3.8, 4) is 28.0 Å². The lowest BCUT2D eigenvalue weighted by atomic mass is 10.0. The zero-order valence-corrected chi connectivity index (χ0v) is 34.0. The molecule has 0 saturated heterocycles. The molecule has 0 saturated carbocycles. The molecule has 0 unspecified atom stereocenters. The molecule has 0 spiro atoms. The Morgan fingerprint density at radius 2 is 1.19 bits per heavy atom. The van der Waals surface area contributed by atoms with E-state index in [0.29, 0.717) is 29.0 Å². The van der Waals surface area contributed by atoms with Crippen molar-refractivity contribution in [2.24, 2.45) is 0 Å². The standard InChI is InChI=1S/C25H20F2N2O3.C24H21F2NO4/c1-2-5-15-13-28-22-9-8-14(10-19(15)22)16-11-20(26)23(21(27)12-16)29-24(30)17-6-3-4-7-18(17)25(31)32;1-2-3-11-31-17-8-6-7-15(12-17)22-20(25)13-16(14-21(22)26)27-23(28)18-9-4-5-10-19(18)24(29)30/h3-4,6-13,28H,2,5H2,1H3,(H,29,30)(H,31,32);4-10,12-14H,2-3,11H2,1H3,(H,27,28)(H,29,30). The topological polar surface area (TPSA) is 158 Å². The van der Waals surface area contributed by atoms with Crippen molar-refractivity contribution >= 4 is 46.0 Å². The van der Waals surface area contributed by atoms with Crippen LogP contribution >= 0.6 is 0 Å². The van der Waals surface area contributed by atoms with Crippen molar-refractivity contribution in [1.29, 1.82) is 0 Å².